The van der Waals surface area contributed by atoms with Crippen LogP contribution in [-0.2, 0) is 4.99 Å². The number of hydrogen-bond acceptors (Lipinski definition) is 7. The summed E-state index contributed by atoms with van der Waals surface area (Å²) < 4.78 is 9.91. The van der Waals surface area contributed by atoms with Gasteiger partial charge in [0.15, 0.2) is 17.8 Å². The molecule has 7 heteroatoms. The number of methoxy groups -OCH3 is 2. The number of aldehydes is 1. The van der Waals surface area contributed by atoms with Crippen LogP contribution in [0.25, 0.3) is 0 Å². The van der Waals surface area contributed by atoms with Gasteiger partial charge in [-0.05, 0) is 6.07 Å². The molecule has 1 aromatic carbocycles. The van der Waals surface area contributed by atoms with Gasteiger partial charge in [0.1, 0.15) is 5.69 Å². The summed E-state index contributed by atoms with van der Waals surface area (Å²) in [5, 5.41) is 17.5. The van der Waals surface area contributed by atoms with E-state index >= 15 is 0 Å². The summed E-state index contributed by atoms with van der Waals surface area (Å²) in [6, 6.07) is 2.61. The molecule has 0 spiro atoms. The molecule has 7 nitrogen and oxygen atoms in total. The number of rotatable bonds is 5. The second kappa shape index (κ2) is 5.31. The van der Waals surface area contributed by atoms with Gasteiger partial charge in [-0.1, -0.05) is 10.2 Å². The fraction of sp³-hybridized carbons (Fsp3) is 0.222. The summed E-state index contributed by atoms with van der Waals surface area (Å²) >= 11 is 0. The van der Waals surface area contributed by atoms with E-state index in [1.165, 1.54) is 26.4 Å². The van der Waals surface area contributed by atoms with Crippen molar-refractivity contribution in [3.63, 3.8) is 0 Å². The summed E-state index contributed by atoms with van der Waals surface area (Å²) in [7, 11) is 2.80. The van der Waals surface area contributed by atoms with E-state index in [-0.39, 0.29) is 22.2 Å². The Labute approximate surface area is 91.2 Å². The van der Waals surface area contributed by atoms with Crippen molar-refractivity contribution in [3.05, 3.63) is 17.7 Å². The van der Waals surface area contributed by atoms with Crippen LogP contribution in [0.4, 0.5) is 5.69 Å². The third kappa shape index (κ3) is 2.22. The molecule has 0 aliphatic rings. The predicted octanol–water partition coefficient (Wildman–Crippen LogP) is 1.12. The van der Waals surface area contributed by atoms with Gasteiger partial charge >= 0.3 is 0 Å². The van der Waals surface area contributed by atoms with Crippen molar-refractivity contribution in [2.45, 2.75) is 0 Å². The molecule has 1 aromatic rings. The van der Waals surface area contributed by atoms with Gasteiger partial charge in [-0.25, -0.2) is 5.26 Å². The molecule has 0 aliphatic carbocycles. The molecule has 0 fully saturated rings. The molecule has 0 saturated carbocycles. The molecule has 1 rings (SSSR count). The van der Waals surface area contributed by atoms with Crippen molar-refractivity contribution in [1.82, 2.24) is 0 Å². The maximum atomic E-state index is 10.7. The highest BCUT2D eigenvalue weighted by Crippen LogP contribution is 2.33. The minimum absolute atomic E-state index is 0.0334. The second-order valence-corrected chi connectivity index (χ2v) is 2.74. The SMILES string of the molecule is COc1cc(C=O)c(N(O)OO)cc1OC. The molecule has 0 atom stereocenters. The summed E-state index contributed by atoms with van der Waals surface area (Å²) in [5.41, 5.74) is -0.00986. The highest BCUT2D eigenvalue weighted by Gasteiger charge is 2.15. The molecule has 88 valence electrons. The van der Waals surface area contributed by atoms with E-state index in [0.717, 1.165) is 0 Å². The Kier molecular flexibility index (Phi) is 4.06. The molecule has 2 N–H and O–H groups in total. The smallest absolute Gasteiger partial charge is 0.163 e. The summed E-state index contributed by atoms with van der Waals surface area (Å²) in [4.78, 5) is 14.3. The Morgan fingerprint density at radius 2 is 1.81 bits per heavy atom. The Bertz CT molecular complexity index is 381. The largest absolute Gasteiger partial charge is 0.493 e. The molecule has 0 radical (unpaired) electrons. The summed E-state index contributed by atoms with van der Waals surface area (Å²) in [6.07, 6.45) is 0.472. The van der Waals surface area contributed by atoms with Crippen LogP contribution in [-0.4, -0.2) is 31.0 Å². The number of benzene rings is 1. The van der Waals surface area contributed by atoms with E-state index in [0.29, 0.717) is 12.0 Å². The third-order valence-corrected chi connectivity index (χ3v) is 1.94. The van der Waals surface area contributed by atoms with Crippen molar-refractivity contribution in [2.75, 3.05) is 19.4 Å². The Morgan fingerprint density at radius 1 is 1.25 bits per heavy atom. The van der Waals surface area contributed by atoms with Gasteiger partial charge in [0.2, 0.25) is 0 Å². The maximum absolute atomic E-state index is 10.7. The number of nitrogens with zero attached hydrogens (tertiary/aromatic N) is 1. The molecular formula is C9H11NO6. The molecule has 0 amide bonds. The van der Waals surface area contributed by atoms with Gasteiger partial charge in [0.25, 0.3) is 0 Å². The van der Waals surface area contributed by atoms with Crippen LogP contribution in [0.5, 0.6) is 11.5 Å². The number of carbonyl (C=O) groups excluding carboxylic acids is 1. The second-order valence-electron chi connectivity index (χ2n) is 2.74. The van der Waals surface area contributed by atoms with Gasteiger partial charge in [0, 0.05) is 11.6 Å². The first-order chi connectivity index (χ1) is 7.67. The molecule has 16 heavy (non-hydrogen) atoms. The molecule has 0 saturated heterocycles. The lowest BCUT2D eigenvalue weighted by Gasteiger charge is -2.15. The van der Waals surface area contributed by atoms with Crippen LogP contribution < -0.4 is 14.7 Å². The first kappa shape index (κ1) is 12.2. The van der Waals surface area contributed by atoms with E-state index in [2.05, 4.69) is 4.99 Å². The lowest BCUT2D eigenvalue weighted by atomic mass is 10.1. The van der Waals surface area contributed by atoms with E-state index in [1.807, 2.05) is 0 Å². The standard InChI is InChI=1S/C9H11NO6/c1-14-8-3-6(5-11)7(10(12)16-13)4-9(8)15-2/h3-5,12-13H,1-2H3. The van der Waals surface area contributed by atoms with Crippen molar-refractivity contribution >= 4 is 12.0 Å². The molecule has 0 unspecified atom stereocenters. The van der Waals surface area contributed by atoms with Crippen molar-refractivity contribution in [3.8, 4) is 11.5 Å². The van der Waals surface area contributed by atoms with Gasteiger partial charge < -0.3 is 9.47 Å². The highest BCUT2D eigenvalue weighted by molar-refractivity contribution is 5.85. The fourth-order valence-corrected chi connectivity index (χ4v) is 1.19. The molecular weight excluding hydrogens is 218 g/mol. The number of carbonyl (C=O) groups is 1. The highest BCUT2D eigenvalue weighted by atomic mass is 17.2. The molecule has 0 aliphatic heterocycles. The first-order valence-electron chi connectivity index (χ1n) is 4.19. The van der Waals surface area contributed by atoms with Crippen molar-refractivity contribution in [2.24, 2.45) is 0 Å². The quantitative estimate of drug-likeness (QED) is 0.444. The zero-order valence-corrected chi connectivity index (χ0v) is 8.71. The zero-order valence-electron chi connectivity index (χ0n) is 8.71. The van der Waals surface area contributed by atoms with Crippen LogP contribution in [0.15, 0.2) is 12.1 Å². The number of ether oxygens (including phenoxy) is 2. The summed E-state index contributed by atoms with van der Waals surface area (Å²) in [6.45, 7) is 0. The van der Waals surface area contributed by atoms with Crippen LogP contribution in [0, 0.1) is 0 Å². The van der Waals surface area contributed by atoms with Crippen LogP contribution >= 0.6 is 0 Å². The van der Waals surface area contributed by atoms with Gasteiger partial charge in [-0.2, -0.15) is 0 Å². The predicted molar refractivity (Wildman–Crippen MR) is 52.9 cm³/mol. The Balaban J connectivity index is 3.31. The van der Waals surface area contributed by atoms with Crippen LogP contribution in [0.1, 0.15) is 10.4 Å². The number of anilines is 1. The van der Waals surface area contributed by atoms with E-state index in [1.54, 1.807) is 0 Å². The van der Waals surface area contributed by atoms with Crippen molar-refractivity contribution in [1.29, 1.82) is 0 Å². The number of hydrogen-bond donors (Lipinski definition) is 2. The molecule has 0 heterocycles. The van der Waals surface area contributed by atoms with Crippen LogP contribution in [0.3, 0.4) is 0 Å². The monoisotopic (exact) mass is 229 g/mol. The maximum Gasteiger partial charge on any atom is 0.163 e. The lowest BCUT2D eigenvalue weighted by molar-refractivity contribution is -0.304. The van der Waals surface area contributed by atoms with Gasteiger partial charge in [-0.3, -0.25) is 10.0 Å². The normalized spacial score (nSPS) is 9.75. The molecule has 0 bridgehead atoms. The summed E-state index contributed by atoms with van der Waals surface area (Å²) in [5.74, 6) is 0.596. The minimum Gasteiger partial charge on any atom is -0.493 e. The van der Waals surface area contributed by atoms with E-state index in [4.69, 9.17) is 19.9 Å². The van der Waals surface area contributed by atoms with Crippen molar-refractivity contribution < 1.29 is 29.7 Å². The third-order valence-electron chi connectivity index (χ3n) is 1.94. The van der Waals surface area contributed by atoms with E-state index in [9.17, 15) is 4.79 Å². The average molecular weight is 229 g/mol. The lowest BCUT2D eigenvalue weighted by Crippen LogP contribution is -2.18. The molecule has 0 aromatic heterocycles. The zero-order chi connectivity index (χ0) is 12.1. The minimum atomic E-state index is -0.0739. The Hall–Kier alpha value is -1.83. The van der Waals surface area contributed by atoms with Gasteiger partial charge in [0.05, 0.1) is 14.2 Å². The fourth-order valence-electron chi connectivity index (χ4n) is 1.19. The average Bonchev–Trinajstić information content (AvgIpc) is 2.35. The first-order valence-corrected chi connectivity index (χ1v) is 4.19. The van der Waals surface area contributed by atoms with Gasteiger partial charge in [-0.15, -0.1) is 0 Å². The van der Waals surface area contributed by atoms with E-state index < -0.39 is 0 Å². The van der Waals surface area contributed by atoms with Crippen LogP contribution in [0.2, 0.25) is 0 Å². The Morgan fingerprint density at radius 3 is 2.25 bits per heavy atom. The topological polar surface area (TPSA) is 88.5 Å².